The third kappa shape index (κ3) is 5.91. The Bertz CT molecular complexity index is 1640. The van der Waals surface area contributed by atoms with Gasteiger partial charge in [0.2, 0.25) is 0 Å². The number of carbonyl (C=O) groups is 1. The highest BCUT2D eigenvalue weighted by atomic mass is 35.5. The van der Waals surface area contributed by atoms with Crippen LogP contribution in [0.3, 0.4) is 0 Å². The molecule has 0 spiro atoms. The van der Waals surface area contributed by atoms with E-state index in [1.54, 1.807) is 42.6 Å². The highest BCUT2D eigenvalue weighted by Crippen LogP contribution is 2.32. The summed E-state index contributed by atoms with van der Waals surface area (Å²) in [5.41, 5.74) is 9.64. The maximum absolute atomic E-state index is 15.0. The van der Waals surface area contributed by atoms with Crippen molar-refractivity contribution in [1.82, 2.24) is 30.4 Å². The maximum atomic E-state index is 15.0. The molecule has 0 saturated heterocycles. The molecule has 202 valence electrons. The molecular formula is C28H29ClFN7O2. The first-order chi connectivity index (χ1) is 18.6. The molecule has 3 aromatic heterocycles. The Balaban J connectivity index is 0.00000172. The largest absolute Gasteiger partial charge is 0.398 e. The van der Waals surface area contributed by atoms with E-state index in [0.29, 0.717) is 55.8 Å². The number of rotatable bonds is 5. The van der Waals surface area contributed by atoms with E-state index >= 15 is 4.39 Å². The van der Waals surface area contributed by atoms with E-state index in [1.807, 2.05) is 34.6 Å². The molecule has 0 aliphatic carbocycles. The van der Waals surface area contributed by atoms with Crippen LogP contribution in [0.4, 0.5) is 10.1 Å². The lowest BCUT2D eigenvalue weighted by molar-refractivity contribution is 0.0906. The van der Waals surface area contributed by atoms with Crippen molar-refractivity contribution in [1.29, 1.82) is 0 Å². The number of H-pyrrole nitrogens is 1. The highest BCUT2D eigenvalue weighted by molar-refractivity contribution is 6.31. The number of aromatic amines is 1. The van der Waals surface area contributed by atoms with Crippen LogP contribution in [-0.4, -0.2) is 31.0 Å². The molecule has 0 bridgehead atoms. The number of nitrogens with zero attached hydrogens (tertiary/aromatic N) is 4. The van der Waals surface area contributed by atoms with Crippen LogP contribution in [0.25, 0.3) is 33.7 Å². The molecule has 5 aromatic rings. The Morgan fingerprint density at radius 3 is 2.54 bits per heavy atom. The Kier molecular flexibility index (Phi) is 7.96. The van der Waals surface area contributed by atoms with E-state index < -0.39 is 11.7 Å². The molecule has 0 aliphatic heterocycles. The molecule has 1 amide bonds. The first kappa shape index (κ1) is 27.7. The van der Waals surface area contributed by atoms with Crippen LogP contribution in [0.2, 0.25) is 5.02 Å². The smallest absolute Gasteiger partial charge is 0.315 e. The van der Waals surface area contributed by atoms with Crippen molar-refractivity contribution in [3.8, 4) is 22.5 Å². The van der Waals surface area contributed by atoms with Crippen LogP contribution in [0.15, 0.2) is 53.2 Å². The summed E-state index contributed by atoms with van der Waals surface area (Å²) in [7, 11) is 0. The lowest BCUT2D eigenvalue weighted by Crippen LogP contribution is -2.24. The quantitative estimate of drug-likeness (QED) is 0.219. The SMILES string of the molecule is CC.CC(C)(C)c1noc(C(=O)NCc2ccc(-c3ccnc4nc(-c5ccc(Cl)cc5N)[nH]c34)cc2F)n1. The zero-order valence-electron chi connectivity index (χ0n) is 22.3. The summed E-state index contributed by atoms with van der Waals surface area (Å²) in [6.07, 6.45) is 1.61. The molecule has 4 N–H and O–H groups in total. The number of hydrogen-bond acceptors (Lipinski definition) is 7. The van der Waals surface area contributed by atoms with Crippen molar-refractivity contribution >= 4 is 34.4 Å². The van der Waals surface area contributed by atoms with Crippen LogP contribution >= 0.6 is 11.6 Å². The molecule has 39 heavy (non-hydrogen) atoms. The molecular weight excluding hydrogens is 521 g/mol. The number of benzene rings is 2. The summed E-state index contributed by atoms with van der Waals surface area (Å²) in [6, 6.07) is 11.7. The number of imidazole rings is 1. The van der Waals surface area contributed by atoms with Crippen molar-refractivity contribution in [2.24, 2.45) is 0 Å². The number of halogens is 2. The van der Waals surface area contributed by atoms with E-state index in [0.717, 1.165) is 0 Å². The first-order valence-electron chi connectivity index (χ1n) is 12.4. The van der Waals surface area contributed by atoms with Gasteiger partial charge in [-0.2, -0.15) is 4.98 Å². The van der Waals surface area contributed by atoms with E-state index in [9.17, 15) is 4.79 Å². The molecule has 0 fully saturated rings. The number of nitrogens with one attached hydrogen (secondary N) is 2. The molecule has 0 saturated carbocycles. The molecule has 0 aliphatic rings. The fraction of sp³-hybridized carbons (Fsp3) is 0.250. The van der Waals surface area contributed by atoms with E-state index in [-0.39, 0.29) is 17.9 Å². The molecule has 3 heterocycles. The molecule has 2 aromatic carbocycles. The Labute approximate surface area is 230 Å². The van der Waals surface area contributed by atoms with E-state index in [4.69, 9.17) is 21.9 Å². The van der Waals surface area contributed by atoms with Gasteiger partial charge in [0.05, 0.1) is 5.52 Å². The number of nitrogens with two attached hydrogens (primary N) is 1. The fourth-order valence-electron chi connectivity index (χ4n) is 3.76. The zero-order valence-corrected chi connectivity index (χ0v) is 23.0. The number of hydrogen-bond donors (Lipinski definition) is 3. The van der Waals surface area contributed by atoms with Crippen molar-refractivity contribution < 1.29 is 13.7 Å². The Morgan fingerprint density at radius 2 is 1.87 bits per heavy atom. The number of aromatic nitrogens is 5. The number of amides is 1. The average molecular weight is 550 g/mol. The first-order valence-corrected chi connectivity index (χ1v) is 12.8. The fourth-order valence-corrected chi connectivity index (χ4v) is 3.94. The second-order valence-corrected chi connectivity index (χ2v) is 9.97. The van der Waals surface area contributed by atoms with E-state index in [1.165, 1.54) is 6.07 Å². The van der Waals surface area contributed by atoms with Crippen LogP contribution in [0, 0.1) is 5.82 Å². The molecule has 0 atom stereocenters. The molecule has 9 nitrogen and oxygen atoms in total. The van der Waals surface area contributed by atoms with Crippen molar-refractivity contribution in [3.63, 3.8) is 0 Å². The lowest BCUT2D eigenvalue weighted by Gasteiger charge is -2.10. The summed E-state index contributed by atoms with van der Waals surface area (Å²) in [6.45, 7) is 9.67. The van der Waals surface area contributed by atoms with Gasteiger partial charge < -0.3 is 20.6 Å². The van der Waals surface area contributed by atoms with Gasteiger partial charge in [-0.1, -0.05) is 63.5 Å². The molecule has 0 unspecified atom stereocenters. The van der Waals surface area contributed by atoms with Crippen molar-refractivity contribution in [2.45, 2.75) is 46.6 Å². The summed E-state index contributed by atoms with van der Waals surface area (Å²) in [5, 5.41) is 6.97. The maximum Gasteiger partial charge on any atom is 0.315 e. The van der Waals surface area contributed by atoms with Gasteiger partial charge in [-0.25, -0.2) is 14.4 Å². The van der Waals surface area contributed by atoms with Gasteiger partial charge in [-0.15, -0.1) is 0 Å². The second kappa shape index (κ2) is 11.2. The monoisotopic (exact) mass is 549 g/mol. The van der Waals surface area contributed by atoms with Gasteiger partial charge in [0, 0.05) is 45.6 Å². The van der Waals surface area contributed by atoms with Crippen LogP contribution in [0.5, 0.6) is 0 Å². The van der Waals surface area contributed by atoms with Crippen LogP contribution in [-0.2, 0) is 12.0 Å². The third-order valence-electron chi connectivity index (χ3n) is 5.76. The molecule has 11 heteroatoms. The van der Waals surface area contributed by atoms with Gasteiger partial charge in [0.1, 0.15) is 11.6 Å². The van der Waals surface area contributed by atoms with Crippen LogP contribution < -0.4 is 11.1 Å². The number of fused-ring (bicyclic) bond motifs is 1. The zero-order chi connectivity index (χ0) is 28.3. The number of pyridine rings is 1. The highest BCUT2D eigenvalue weighted by Gasteiger charge is 2.24. The lowest BCUT2D eigenvalue weighted by atomic mass is 9.96. The molecule has 5 rings (SSSR count). The Hall–Kier alpha value is -4.31. The topological polar surface area (TPSA) is 136 Å². The average Bonchev–Trinajstić information content (AvgIpc) is 3.57. The third-order valence-corrected chi connectivity index (χ3v) is 5.99. The van der Waals surface area contributed by atoms with Gasteiger partial charge in [0.25, 0.3) is 0 Å². The minimum absolute atomic E-state index is 0.0476. The second-order valence-electron chi connectivity index (χ2n) is 9.54. The minimum Gasteiger partial charge on any atom is -0.398 e. The van der Waals surface area contributed by atoms with Gasteiger partial charge in [-0.05, 0) is 35.9 Å². The van der Waals surface area contributed by atoms with Crippen LogP contribution in [0.1, 0.15) is 56.7 Å². The summed E-state index contributed by atoms with van der Waals surface area (Å²) in [5.74, 6) is -0.284. The van der Waals surface area contributed by atoms with E-state index in [2.05, 4.69) is 30.4 Å². The Morgan fingerprint density at radius 1 is 1.10 bits per heavy atom. The predicted molar refractivity (Wildman–Crippen MR) is 150 cm³/mol. The van der Waals surface area contributed by atoms with Gasteiger partial charge in [-0.3, -0.25) is 4.79 Å². The number of nitrogen functional groups attached to an aromatic ring is 1. The molecule has 0 radical (unpaired) electrons. The standard InChI is InChI=1S/C26H23ClFN7O2.C2H6/c1-26(2,3)25-34-24(37-35-25)23(36)31-12-14-5-4-13(10-18(14)28)16-8-9-30-22-20(16)32-21(33-22)17-7-6-15(27)11-19(17)29;1-2/h4-11H,12,29H2,1-3H3,(H,31,36)(H,30,32,33);1-2H3. The summed E-state index contributed by atoms with van der Waals surface area (Å²) in [4.78, 5) is 28.6. The predicted octanol–water partition coefficient (Wildman–Crippen LogP) is 6.30. The van der Waals surface area contributed by atoms with Crippen molar-refractivity contribution in [3.05, 3.63) is 76.8 Å². The number of anilines is 1. The van der Waals surface area contributed by atoms with Gasteiger partial charge in [0.15, 0.2) is 11.5 Å². The van der Waals surface area contributed by atoms with Crippen molar-refractivity contribution in [2.75, 3.05) is 5.73 Å². The summed E-state index contributed by atoms with van der Waals surface area (Å²) < 4.78 is 20.1. The minimum atomic E-state index is -0.575. The van der Waals surface area contributed by atoms with Gasteiger partial charge >= 0.3 is 11.8 Å². The normalized spacial score (nSPS) is 11.3. The summed E-state index contributed by atoms with van der Waals surface area (Å²) >= 11 is 6.01. The number of carbonyl (C=O) groups excluding carboxylic acids is 1.